The highest BCUT2D eigenvalue weighted by Gasteiger charge is 2.05. The zero-order chi connectivity index (χ0) is 19.6. The van der Waals surface area contributed by atoms with Gasteiger partial charge in [-0.15, -0.1) is 0 Å². The van der Waals surface area contributed by atoms with Gasteiger partial charge in [0.25, 0.3) is 0 Å². The summed E-state index contributed by atoms with van der Waals surface area (Å²) in [6.07, 6.45) is 0.935. The quantitative estimate of drug-likeness (QED) is 0.401. The Labute approximate surface area is 160 Å². The van der Waals surface area contributed by atoms with Crippen LogP contribution < -0.4 is 15.4 Å². The van der Waals surface area contributed by atoms with Crippen molar-refractivity contribution in [1.82, 2.24) is 20.4 Å². The summed E-state index contributed by atoms with van der Waals surface area (Å²) in [5.74, 6) is 0.645. The number of rotatable bonds is 9. The van der Waals surface area contributed by atoms with Gasteiger partial charge in [-0.1, -0.05) is 6.07 Å². The summed E-state index contributed by atoms with van der Waals surface area (Å²) < 4.78 is 21.2. The Hall–Kier alpha value is -2.57. The molecule has 0 saturated heterocycles. The average molecular weight is 375 g/mol. The van der Waals surface area contributed by atoms with Gasteiger partial charge in [0.15, 0.2) is 17.5 Å². The van der Waals surface area contributed by atoms with Crippen LogP contribution in [0.4, 0.5) is 4.39 Å². The first-order valence-corrected chi connectivity index (χ1v) is 9.48. The first kappa shape index (κ1) is 20.7. The normalized spacial score (nSPS) is 11.5. The third-order valence-corrected chi connectivity index (χ3v) is 4.00. The minimum atomic E-state index is -0.354. The van der Waals surface area contributed by atoms with Crippen LogP contribution in [0, 0.1) is 19.7 Å². The van der Waals surface area contributed by atoms with Gasteiger partial charge in [-0.05, 0) is 57.9 Å². The molecule has 1 heterocycles. The summed E-state index contributed by atoms with van der Waals surface area (Å²) in [7, 11) is 0. The number of aliphatic imine (C=N–C) groups is 1. The van der Waals surface area contributed by atoms with Gasteiger partial charge in [-0.2, -0.15) is 5.10 Å². The van der Waals surface area contributed by atoms with Gasteiger partial charge in [0.1, 0.15) is 0 Å². The first-order chi connectivity index (χ1) is 13.0. The first-order valence-electron chi connectivity index (χ1n) is 9.48. The second kappa shape index (κ2) is 10.5. The zero-order valence-corrected chi connectivity index (χ0v) is 16.7. The molecule has 0 aliphatic rings. The highest BCUT2D eigenvalue weighted by molar-refractivity contribution is 5.79. The fourth-order valence-electron chi connectivity index (χ4n) is 2.76. The number of aromatic nitrogens is 2. The van der Waals surface area contributed by atoms with E-state index in [2.05, 4.69) is 33.7 Å². The van der Waals surface area contributed by atoms with Crippen molar-refractivity contribution < 1.29 is 9.13 Å². The second-order valence-corrected chi connectivity index (χ2v) is 6.32. The van der Waals surface area contributed by atoms with Crippen LogP contribution in [0.1, 0.15) is 37.2 Å². The van der Waals surface area contributed by atoms with E-state index >= 15 is 0 Å². The molecule has 0 unspecified atom stereocenters. The Morgan fingerprint density at radius 3 is 2.67 bits per heavy atom. The number of halogens is 1. The molecule has 0 atom stereocenters. The lowest BCUT2D eigenvalue weighted by molar-refractivity contribution is 0.321. The van der Waals surface area contributed by atoms with E-state index in [-0.39, 0.29) is 11.6 Å². The molecule has 7 heteroatoms. The van der Waals surface area contributed by atoms with Gasteiger partial charge in [-0.3, -0.25) is 4.68 Å². The third-order valence-electron chi connectivity index (χ3n) is 4.00. The summed E-state index contributed by atoms with van der Waals surface area (Å²) in [6.45, 7) is 11.2. The lowest BCUT2D eigenvalue weighted by Gasteiger charge is -2.12. The van der Waals surface area contributed by atoms with Gasteiger partial charge in [0.05, 0.1) is 18.8 Å². The average Bonchev–Trinajstić information content (AvgIpc) is 2.96. The van der Waals surface area contributed by atoms with E-state index < -0.39 is 0 Å². The molecule has 0 spiro atoms. The molecule has 2 aromatic rings. The molecule has 1 aromatic carbocycles. The number of nitrogens with one attached hydrogen (secondary N) is 2. The maximum Gasteiger partial charge on any atom is 0.191 e. The summed E-state index contributed by atoms with van der Waals surface area (Å²) in [5.41, 5.74) is 3.01. The van der Waals surface area contributed by atoms with Crippen LogP contribution in [0.5, 0.6) is 5.75 Å². The monoisotopic (exact) mass is 375 g/mol. The summed E-state index contributed by atoms with van der Waals surface area (Å²) in [6, 6.07) is 7.04. The van der Waals surface area contributed by atoms with Crippen LogP contribution in [0.15, 0.2) is 29.3 Å². The van der Waals surface area contributed by atoms with Crippen molar-refractivity contribution in [2.45, 2.75) is 47.2 Å². The molecule has 0 aliphatic carbocycles. The Kier molecular flexibility index (Phi) is 8.10. The molecule has 148 valence electrons. The van der Waals surface area contributed by atoms with Crippen LogP contribution in [0.25, 0.3) is 0 Å². The van der Waals surface area contributed by atoms with Crippen LogP contribution in [-0.2, 0) is 13.1 Å². The summed E-state index contributed by atoms with van der Waals surface area (Å²) >= 11 is 0. The van der Waals surface area contributed by atoms with E-state index in [0.29, 0.717) is 13.2 Å². The van der Waals surface area contributed by atoms with Gasteiger partial charge in [0, 0.05) is 25.3 Å². The SMILES string of the molecule is CCNC(=NCc1ccc(OCC)c(F)c1)NCCCn1nc(C)cc1C. The number of nitrogens with zero attached hydrogens (tertiary/aromatic N) is 3. The third kappa shape index (κ3) is 6.58. The predicted molar refractivity (Wildman–Crippen MR) is 107 cm³/mol. The fraction of sp³-hybridized carbons (Fsp3) is 0.500. The van der Waals surface area contributed by atoms with Crippen molar-refractivity contribution in [3.63, 3.8) is 0 Å². The summed E-state index contributed by atoms with van der Waals surface area (Å²) in [5, 5.41) is 11.0. The molecule has 0 saturated carbocycles. The van der Waals surface area contributed by atoms with E-state index in [4.69, 9.17) is 4.74 Å². The lowest BCUT2D eigenvalue weighted by atomic mass is 10.2. The molecular weight excluding hydrogens is 345 g/mol. The molecule has 6 nitrogen and oxygen atoms in total. The highest BCUT2D eigenvalue weighted by atomic mass is 19.1. The smallest absolute Gasteiger partial charge is 0.191 e. The Bertz CT molecular complexity index is 757. The minimum absolute atomic E-state index is 0.277. The van der Waals surface area contributed by atoms with Gasteiger partial charge in [0.2, 0.25) is 0 Å². The van der Waals surface area contributed by atoms with E-state index in [1.807, 2.05) is 31.5 Å². The van der Waals surface area contributed by atoms with Crippen molar-refractivity contribution in [3.05, 3.63) is 47.0 Å². The second-order valence-electron chi connectivity index (χ2n) is 6.32. The number of guanidine groups is 1. The van der Waals surface area contributed by atoms with Crippen molar-refractivity contribution in [1.29, 1.82) is 0 Å². The van der Waals surface area contributed by atoms with Crippen LogP contribution in [0.2, 0.25) is 0 Å². The molecule has 1 aromatic heterocycles. The molecule has 0 fully saturated rings. The van der Waals surface area contributed by atoms with E-state index in [0.717, 1.165) is 43.3 Å². The molecule has 27 heavy (non-hydrogen) atoms. The molecule has 0 amide bonds. The summed E-state index contributed by atoms with van der Waals surface area (Å²) in [4.78, 5) is 4.53. The van der Waals surface area contributed by atoms with Crippen LogP contribution in [-0.4, -0.2) is 35.4 Å². The maximum absolute atomic E-state index is 13.9. The van der Waals surface area contributed by atoms with Crippen molar-refractivity contribution >= 4 is 5.96 Å². The number of hydrogen-bond donors (Lipinski definition) is 2. The number of aryl methyl sites for hydroxylation is 3. The largest absolute Gasteiger partial charge is 0.491 e. The van der Waals surface area contributed by atoms with Gasteiger partial charge in [-0.25, -0.2) is 9.38 Å². The maximum atomic E-state index is 13.9. The Morgan fingerprint density at radius 1 is 1.22 bits per heavy atom. The van der Waals surface area contributed by atoms with Gasteiger partial charge >= 0.3 is 0 Å². The van der Waals surface area contributed by atoms with E-state index in [9.17, 15) is 4.39 Å². The topological polar surface area (TPSA) is 63.5 Å². The van der Waals surface area contributed by atoms with Crippen molar-refractivity contribution in [2.24, 2.45) is 4.99 Å². The highest BCUT2D eigenvalue weighted by Crippen LogP contribution is 2.18. The van der Waals surface area contributed by atoms with E-state index in [1.165, 1.54) is 11.8 Å². The Morgan fingerprint density at radius 2 is 2.04 bits per heavy atom. The zero-order valence-electron chi connectivity index (χ0n) is 16.7. The standard InChI is InChI=1S/C20H30FN5O/c1-5-22-20(23-10-7-11-26-16(4)12-15(3)25-26)24-14-17-8-9-19(27-6-2)18(21)13-17/h8-9,12-13H,5-7,10-11,14H2,1-4H3,(H2,22,23,24). The fourth-order valence-corrected chi connectivity index (χ4v) is 2.76. The molecule has 0 aliphatic heterocycles. The van der Waals surface area contributed by atoms with Crippen molar-refractivity contribution in [3.8, 4) is 5.75 Å². The number of ether oxygens (including phenoxy) is 1. The number of benzene rings is 1. The lowest BCUT2D eigenvalue weighted by Crippen LogP contribution is -2.38. The van der Waals surface area contributed by atoms with Crippen LogP contribution >= 0.6 is 0 Å². The predicted octanol–water partition coefficient (Wildman–Crippen LogP) is 3.18. The molecule has 2 N–H and O–H groups in total. The molecule has 0 radical (unpaired) electrons. The van der Waals surface area contributed by atoms with Crippen LogP contribution in [0.3, 0.4) is 0 Å². The van der Waals surface area contributed by atoms with Gasteiger partial charge < -0.3 is 15.4 Å². The minimum Gasteiger partial charge on any atom is -0.491 e. The molecule has 2 rings (SSSR count). The Balaban J connectivity index is 1.86. The number of hydrogen-bond acceptors (Lipinski definition) is 3. The van der Waals surface area contributed by atoms with Crippen molar-refractivity contribution in [2.75, 3.05) is 19.7 Å². The molecular formula is C20H30FN5O. The van der Waals surface area contributed by atoms with E-state index in [1.54, 1.807) is 6.07 Å². The molecule has 0 bridgehead atoms.